The standard InChI is InChI=1S/C25H47N3O4/c1-11-19(9)27-25(12-2,13-3)24(32)26-20(14-16(4)5)22(29)28(10)21(17(6)7)15-18(8)23(30)31/h15-17,19-21,27H,11-14H2,1-10H3,(H,26,32)(H,30,31)/b18-15+. The highest BCUT2D eigenvalue weighted by molar-refractivity contribution is 5.92. The minimum Gasteiger partial charge on any atom is -0.478 e. The van der Waals surface area contributed by atoms with Crippen molar-refractivity contribution in [1.29, 1.82) is 0 Å². The summed E-state index contributed by atoms with van der Waals surface area (Å²) in [6.07, 6.45) is 4.26. The van der Waals surface area contributed by atoms with Gasteiger partial charge in [0.1, 0.15) is 6.04 Å². The van der Waals surface area contributed by atoms with Crippen molar-refractivity contribution in [1.82, 2.24) is 15.5 Å². The highest BCUT2D eigenvalue weighted by atomic mass is 16.4. The molecule has 7 nitrogen and oxygen atoms in total. The summed E-state index contributed by atoms with van der Waals surface area (Å²) in [4.78, 5) is 39.8. The third-order valence-electron chi connectivity index (χ3n) is 6.32. The number of carboxylic acids is 1. The van der Waals surface area contributed by atoms with E-state index in [2.05, 4.69) is 24.5 Å². The maximum absolute atomic E-state index is 13.5. The molecule has 0 aromatic heterocycles. The molecule has 0 aliphatic heterocycles. The number of carbonyl (C=O) groups excluding carboxylic acids is 2. The van der Waals surface area contributed by atoms with E-state index in [-0.39, 0.29) is 41.3 Å². The maximum atomic E-state index is 13.5. The van der Waals surface area contributed by atoms with Crippen molar-refractivity contribution < 1.29 is 19.5 Å². The van der Waals surface area contributed by atoms with Crippen LogP contribution < -0.4 is 10.6 Å². The van der Waals surface area contributed by atoms with Crippen molar-refractivity contribution in [3.8, 4) is 0 Å². The van der Waals surface area contributed by atoms with Gasteiger partial charge in [-0.25, -0.2) is 4.79 Å². The summed E-state index contributed by atoms with van der Waals surface area (Å²) in [5.74, 6) is -1.15. The molecule has 186 valence electrons. The number of likely N-dealkylation sites (N-methyl/N-ethyl adjacent to an activating group) is 1. The second-order valence-electron chi connectivity index (χ2n) is 9.74. The van der Waals surface area contributed by atoms with Crippen molar-refractivity contribution >= 4 is 17.8 Å². The number of carboxylic acid groups (broad SMARTS) is 1. The van der Waals surface area contributed by atoms with Crippen LogP contribution in [0.25, 0.3) is 0 Å². The van der Waals surface area contributed by atoms with Crippen molar-refractivity contribution in [3.63, 3.8) is 0 Å². The molecular formula is C25H47N3O4. The number of rotatable bonds is 14. The molecule has 2 amide bonds. The predicted octanol–water partition coefficient (Wildman–Crippen LogP) is 3.98. The van der Waals surface area contributed by atoms with E-state index < -0.39 is 17.6 Å². The number of carbonyl (C=O) groups is 3. The van der Waals surface area contributed by atoms with Crippen LogP contribution in [0.1, 0.15) is 88.0 Å². The predicted molar refractivity (Wildman–Crippen MR) is 130 cm³/mol. The van der Waals surface area contributed by atoms with Gasteiger partial charge in [-0.15, -0.1) is 0 Å². The topological polar surface area (TPSA) is 98.7 Å². The van der Waals surface area contributed by atoms with Gasteiger partial charge < -0.3 is 20.6 Å². The molecule has 7 heteroatoms. The first-order valence-corrected chi connectivity index (χ1v) is 12.0. The molecule has 0 saturated carbocycles. The van der Waals surface area contributed by atoms with Gasteiger partial charge >= 0.3 is 5.97 Å². The molecular weight excluding hydrogens is 406 g/mol. The van der Waals surface area contributed by atoms with E-state index in [4.69, 9.17) is 0 Å². The zero-order chi connectivity index (χ0) is 25.2. The Labute approximate surface area is 195 Å². The molecule has 0 aromatic carbocycles. The molecule has 3 atom stereocenters. The Kier molecular flexibility index (Phi) is 12.8. The summed E-state index contributed by atoms with van der Waals surface area (Å²) in [5, 5.41) is 15.8. The van der Waals surface area contributed by atoms with Gasteiger partial charge in [0.05, 0.1) is 11.6 Å². The molecule has 0 bridgehead atoms. The van der Waals surface area contributed by atoms with E-state index >= 15 is 0 Å². The van der Waals surface area contributed by atoms with Gasteiger partial charge in [-0.3, -0.25) is 9.59 Å². The van der Waals surface area contributed by atoms with E-state index in [9.17, 15) is 19.5 Å². The van der Waals surface area contributed by atoms with Crippen LogP contribution in [0.5, 0.6) is 0 Å². The fraction of sp³-hybridized carbons (Fsp3) is 0.800. The molecule has 0 rings (SSSR count). The number of amides is 2. The van der Waals surface area contributed by atoms with Gasteiger partial charge in [-0.2, -0.15) is 0 Å². The molecule has 0 aliphatic rings. The number of nitrogens with one attached hydrogen (secondary N) is 2. The summed E-state index contributed by atoms with van der Waals surface area (Å²) < 4.78 is 0. The fourth-order valence-electron chi connectivity index (χ4n) is 3.88. The molecule has 0 spiro atoms. The molecule has 0 heterocycles. The van der Waals surface area contributed by atoms with E-state index in [0.29, 0.717) is 19.3 Å². The number of hydrogen-bond acceptors (Lipinski definition) is 4. The highest BCUT2D eigenvalue weighted by Crippen LogP contribution is 2.20. The summed E-state index contributed by atoms with van der Waals surface area (Å²) in [6, 6.07) is -0.883. The molecule has 0 saturated heterocycles. The Morgan fingerprint density at radius 2 is 1.56 bits per heavy atom. The molecule has 3 unspecified atom stereocenters. The van der Waals surface area contributed by atoms with Crippen LogP contribution in [0.3, 0.4) is 0 Å². The van der Waals surface area contributed by atoms with Gasteiger partial charge in [-0.05, 0) is 51.4 Å². The average molecular weight is 454 g/mol. The van der Waals surface area contributed by atoms with Crippen molar-refractivity contribution in [2.45, 2.75) is 112 Å². The average Bonchev–Trinajstić information content (AvgIpc) is 2.73. The van der Waals surface area contributed by atoms with E-state index in [0.717, 1.165) is 6.42 Å². The summed E-state index contributed by atoms with van der Waals surface area (Å²) >= 11 is 0. The molecule has 0 aromatic rings. The summed E-state index contributed by atoms with van der Waals surface area (Å²) in [5.41, 5.74) is -0.539. The largest absolute Gasteiger partial charge is 0.478 e. The van der Waals surface area contributed by atoms with Crippen LogP contribution in [0.2, 0.25) is 0 Å². The third kappa shape index (κ3) is 8.57. The minimum absolute atomic E-state index is 0.0195. The van der Waals surface area contributed by atoms with Gasteiger partial charge in [0.2, 0.25) is 11.8 Å². The molecule has 0 aliphatic carbocycles. The van der Waals surface area contributed by atoms with E-state index in [1.807, 2.05) is 41.5 Å². The molecule has 0 fully saturated rings. The van der Waals surface area contributed by atoms with Gasteiger partial charge in [-0.1, -0.05) is 54.5 Å². The third-order valence-corrected chi connectivity index (χ3v) is 6.32. The van der Waals surface area contributed by atoms with E-state index in [1.165, 1.54) is 6.92 Å². The summed E-state index contributed by atoms with van der Waals surface area (Å²) in [6.45, 7) is 17.6. The van der Waals surface area contributed by atoms with E-state index in [1.54, 1.807) is 18.0 Å². The first kappa shape index (κ1) is 30.1. The van der Waals surface area contributed by atoms with Crippen LogP contribution in [0, 0.1) is 11.8 Å². The maximum Gasteiger partial charge on any atom is 0.331 e. The van der Waals surface area contributed by atoms with Crippen molar-refractivity contribution in [2.75, 3.05) is 7.05 Å². The number of aliphatic carboxylic acids is 1. The van der Waals surface area contributed by atoms with Gasteiger partial charge in [0.15, 0.2) is 0 Å². The monoisotopic (exact) mass is 453 g/mol. The smallest absolute Gasteiger partial charge is 0.331 e. The Balaban J connectivity index is 5.93. The zero-order valence-electron chi connectivity index (χ0n) is 21.9. The van der Waals surface area contributed by atoms with Gasteiger partial charge in [0, 0.05) is 18.7 Å². The van der Waals surface area contributed by atoms with Gasteiger partial charge in [0.25, 0.3) is 0 Å². The van der Waals surface area contributed by atoms with Crippen LogP contribution in [-0.2, 0) is 14.4 Å². The van der Waals surface area contributed by atoms with Crippen LogP contribution in [0.4, 0.5) is 0 Å². The Hall–Kier alpha value is -1.89. The molecule has 3 N–H and O–H groups in total. The molecule has 32 heavy (non-hydrogen) atoms. The highest BCUT2D eigenvalue weighted by Gasteiger charge is 2.39. The zero-order valence-corrected chi connectivity index (χ0v) is 21.9. The second-order valence-corrected chi connectivity index (χ2v) is 9.74. The molecule has 0 radical (unpaired) electrons. The normalized spacial score (nSPS) is 15.4. The Morgan fingerprint density at radius 3 is 1.94 bits per heavy atom. The minimum atomic E-state index is -1.00. The number of hydrogen-bond donors (Lipinski definition) is 3. The van der Waals surface area contributed by atoms with Crippen LogP contribution in [0.15, 0.2) is 11.6 Å². The lowest BCUT2D eigenvalue weighted by atomic mass is 9.89. The quantitative estimate of drug-likeness (QED) is 0.346. The SMILES string of the molecule is CCC(C)NC(CC)(CC)C(=O)NC(CC(C)C)C(=O)N(C)C(/C=C(\C)C(=O)O)C(C)C. The lowest BCUT2D eigenvalue weighted by Crippen LogP contribution is -2.62. The van der Waals surface area contributed by atoms with Crippen molar-refractivity contribution in [3.05, 3.63) is 11.6 Å². The summed E-state index contributed by atoms with van der Waals surface area (Å²) in [7, 11) is 1.68. The number of nitrogens with zero attached hydrogens (tertiary/aromatic N) is 1. The lowest BCUT2D eigenvalue weighted by molar-refractivity contribution is -0.139. The van der Waals surface area contributed by atoms with Crippen LogP contribution in [-0.4, -0.2) is 58.5 Å². The fourth-order valence-corrected chi connectivity index (χ4v) is 3.88. The first-order chi connectivity index (χ1) is 14.8. The first-order valence-electron chi connectivity index (χ1n) is 12.0. The second kappa shape index (κ2) is 13.6. The van der Waals surface area contributed by atoms with Crippen LogP contribution >= 0.6 is 0 Å². The lowest BCUT2D eigenvalue weighted by Gasteiger charge is -2.37. The Morgan fingerprint density at radius 1 is 1.03 bits per heavy atom. The Bertz CT molecular complexity index is 654. The van der Waals surface area contributed by atoms with Crippen molar-refractivity contribution in [2.24, 2.45) is 11.8 Å².